The van der Waals surface area contributed by atoms with Crippen molar-refractivity contribution in [3.63, 3.8) is 0 Å². The summed E-state index contributed by atoms with van der Waals surface area (Å²) in [5.74, 6) is -5.51. The van der Waals surface area contributed by atoms with E-state index in [9.17, 15) is 26.3 Å². The van der Waals surface area contributed by atoms with Crippen LogP contribution in [-0.4, -0.2) is 75.5 Å². The highest BCUT2D eigenvalue weighted by molar-refractivity contribution is 7.11. The summed E-state index contributed by atoms with van der Waals surface area (Å²) in [5, 5.41) is 17.6. The Bertz CT molecular complexity index is 985. The van der Waals surface area contributed by atoms with Gasteiger partial charge in [0, 0.05) is 27.9 Å². The standard InChI is InChI=1S/C19H27N3S2.2C2HF3O2/c1-16-2-3-17(24-16)14-21-9-4-19(5-10-21)6-11-22(12-7-19)15-18-20-8-13-23-18;2*3-2(4,5)1(6)7/h2-3,8,13H,4-7,9-12,14-15H2,1H3;2*(H,6,7). The van der Waals surface area contributed by atoms with Crippen molar-refractivity contribution >= 4 is 34.6 Å². The molecule has 4 rings (SSSR count). The van der Waals surface area contributed by atoms with Crippen molar-refractivity contribution < 1.29 is 46.1 Å². The number of carboxylic acid groups (broad SMARTS) is 2. The molecule has 0 bridgehead atoms. The maximum absolute atomic E-state index is 10.6. The first-order valence-corrected chi connectivity index (χ1v) is 13.3. The van der Waals surface area contributed by atoms with E-state index in [1.54, 1.807) is 11.3 Å². The molecular weight excluding hydrogens is 560 g/mol. The SMILES string of the molecule is Cc1ccc(CN2CCC3(CC2)CCN(Cc2nccs2)CC3)s1.O=C(O)C(F)(F)F.O=C(O)C(F)(F)F. The Labute approximate surface area is 223 Å². The fraction of sp³-hybridized carbons (Fsp3) is 0.609. The topological polar surface area (TPSA) is 94.0 Å². The van der Waals surface area contributed by atoms with Crippen LogP contribution in [0.5, 0.6) is 0 Å². The second kappa shape index (κ2) is 13.7. The number of thiazole rings is 1. The number of aromatic nitrogens is 1. The van der Waals surface area contributed by atoms with Gasteiger partial charge in [-0.1, -0.05) is 0 Å². The molecule has 0 radical (unpaired) electrons. The second-order valence-electron chi connectivity index (χ2n) is 9.10. The van der Waals surface area contributed by atoms with Gasteiger partial charge in [0.15, 0.2) is 0 Å². The van der Waals surface area contributed by atoms with Crippen LogP contribution in [0.15, 0.2) is 23.7 Å². The van der Waals surface area contributed by atoms with Gasteiger partial charge in [-0.05, 0) is 76.3 Å². The Morgan fingerprint density at radius 1 is 0.895 bits per heavy atom. The van der Waals surface area contributed by atoms with Crippen molar-refractivity contribution in [1.29, 1.82) is 0 Å². The highest BCUT2D eigenvalue weighted by Crippen LogP contribution is 2.42. The van der Waals surface area contributed by atoms with E-state index in [1.165, 1.54) is 66.6 Å². The van der Waals surface area contributed by atoms with Gasteiger partial charge < -0.3 is 10.2 Å². The summed E-state index contributed by atoms with van der Waals surface area (Å²) in [6, 6.07) is 4.56. The summed E-state index contributed by atoms with van der Waals surface area (Å²) in [6.45, 7) is 9.49. The van der Waals surface area contributed by atoms with Crippen LogP contribution in [0.2, 0.25) is 0 Å². The summed E-state index contributed by atoms with van der Waals surface area (Å²) in [7, 11) is 0. The zero-order valence-corrected chi connectivity index (χ0v) is 22.2. The van der Waals surface area contributed by atoms with Gasteiger partial charge in [-0.15, -0.1) is 22.7 Å². The lowest BCUT2D eigenvalue weighted by Gasteiger charge is -2.46. The van der Waals surface area contributed by atoms with E-state index >= 15 is 0 Å². The predicted octanol–water partition coefficient (Wildman–Crippen LogP) is 5.66. The third-order valence-corrected chi connectivity index (χ3v) is 8.09. The largest absolute Gasteiger partial charge is 0.490 e. The van der Waals surface area contributed by atoms with E-state index in [-0.39, 0.29) is 0 Å². The number of hydrogen-bond acceptors (Lipinski definition) is 7. The molecule has 0 saturated carbocycles. The number of alkyl halides is 6. The number of halogens is 6. The molecule has 2 aliphatic heterocycles. The Morgan fingerprint density at radius 2 is 1.34 bits per heavy atom. The number of hydrogen-bond donors (Lipinski definition) is 2. The Balaban J connectivity index is 0.000000301. The van der Waals surface area contributed by atoms with Crippen LogP contribution in [0.25, 0.3) is 0 Å². The van der Waals surface area contributed by atoms with Crippen molar-refractivity contribution in [3.05, 3.63) is 38.5 Å². The molecule has 0 atom stereocenters. The average molecular weight is 590 g/mol. The minimum Gasteiger partial charge on any atom is -0.475 e. The van der Waals surface area contributed by atoms with E-state index in [1.807, 2.05) is 17.5 Å². The number of piperidine rings is 2. The molecule has 0 aliphatic carbocycles. The average Bonchev–Trinajstić information content (AvgIpc) is 3.48. The van der Waals surface area contributed by atoms with Crippen LogP contribution in [-0.2, 0) is 22.7 Å². The number of carboxylic acids is 2. The van der Waals surface area contributed by atoms with Crippen LogP contribution >= 0.6 is 22.7 Å². The molecule has 1 spiro atoms. The molecule has 2 aromatic heterocycles. The summed E-state index contributed by atoms with van der Waals surface area (Å²) >= 11 is 3.75. The quantitative estimate of drug-likeness (QED) is 0.445. The van der Waals surface area contributed by atoms with Gasteiger partial charge in [-0.2, -0.15) is 26.3 Å². The van der Waals surface area contributed by atoms with Crippen molar-refractivity contribution in [3.8, 4) is 0 Å². The maximum Gasteiger partial charge on any atom is 0.490 e. The Morgan fingerprint density at radius 3 is 1.68 bits per heavy atom. The number of nitrogens with zero attached hydrogens (tertiary/aromatic N) is 3. The normalized spacial score (nSPS) is 18.2. The zero-order chi connectivity index (χ0) is 28.6. The van der Waals surface area contributed by atoms with Crippen LogP contribution in [0, 0.1) is 12.3 Å². The van der Waals surface area contributed by atoms with Crippen LogP contribution < -0.4 is 0 Å². The third kappa shape index (κ3) is 10.9. The van der Waals surface area contributed by atoms with Crippen LogP contribution in [0.1, 0.15) is 40.4 Å². The van der Waals surface area contributed by atoms with E-state index in [0.29, 0.717) is 5.41 Å². The van der Waals surface area contributed by atoms with Crippen molar-refractivity contribution in [2.45, 2.75) is 58.0 Å². The van der Waals surface area contributed by atoms with Crippen molar-refractivity contribution in [2.75, 3.05) is 26.2 Å². The summed E-state index contributed by atoms with van der Waals surface area (Å²) in [6.07, 6.45) is -2.70. The molecule has 2 fully saturated rings. The van der Waals surface area contributed by atoms with Gasteiger partial charge in [0.2, 0.25) is 0 Å². The fourth-order valence-electron chi connectivity index (χ4n) is 4.18. The number of aryl methyl sites for hydroxylation is 1. The van der Waals surface area contributed by atoms with E-state index in [0.717, 1.165) is 13.1 Å². The first-order valence-electron chi connectivity index (χ1n) is 11.6. The van der Waals surface area contributed by atoms with Gasteiger partial charge in [0.05, 0.1) is 6.54 Å². The molecule has 2 aromatic rings. The number of carbonyl (C=O) groups is 2. The van der Waals surface area contributed by atoms with Gasteiger partial charge in [-0.3, -0.25) is 9.80 Å². The molecule has 7 nitrogen and oxygen atoms in total. The maximum atomic E-state index is 10.6. The van der Waals surface area contributed by atoms with Crippen LogP contribution in [0.4, 0.5) is 26.3 Å². The molecular formula is C23H29F6N3O4S2. The van der Waals surface area contributed by atoms with E-state index in [4.69, 9.17) is 19.8 Å². The predicted molar refractivity (Wildman–Crippen MR) is 130 cm³/mol. The number of thiophene rings is 1. The van der Waals surface area contributed by atoms with Gasteiger partial charge in [-0.25, -0.2) is 14.6 Å². The molecule has 2 aliphatic rings. The lowest BCUT2D eigenvalue weighted by Crippen LogP contribution is -2.46. The van der Waals surface area contributed by atoms with Gasteiger partial charge >= 0.3 is 24.3 Å². The molecule has 0 unspecified atom stereocenters. The van der Waals surface area contributed by atoms with Crippen LogP contribution in [0.3, 0.4) is 0 Å². The van der Waals surface area contributed by atoms with E-state index in [2.05, 4.69) is 39.2 Å². The Hall–Kier alpha value is -2.23. The molecule has 38 heavy (non-hydrogen) atoms. The molecule has 15 heteroatoms. The monoisotopic (exact) mass is 589 g/mol. The lowest BCUT2D eigenvalue weighted by molar-refractivity contribution is -0.193. The summed E-state index contributed by atoms with van der Waals surface area (Å²) in [4.78, 5) is 30.5. The zero-order valence-electron chi connectivity index (χ0n) is 20.5. The molecule has 0 aromatic carbocycles. The minimum absolute atomic E-state index is 0.626. The molecule has 2 N–H and O–H groups in total. The molecule has 214 valence electrons. The summed E-state index contributed by atoms with van der Waals surface area (Å²) in [5.41, 5.74) is 0.626. The second-order valence-corrected chi connectivity index (χ2v) is 11.4. The lowest BCUT2D eigenvalue weighted by atomic mass is 9.71. The van der Waals surface area contributed by atoms with Crippen molar-refractivity contribution in [1.82, 2.24) is 14.8 Å². The summed E-state index contributed by atoms with van der Waals surface area (Å²) < 4.78 is 63.5. The highest BCUT2D eigenvalue weighted by Gasteiger charge is 2.39. The first kappa shape index (κ1) is 32.0. The number of aliphatic carboxylic acids is 2. The van der Waals surface area contributed by atoms with E-state index < -0.39 is 24.3 Å². The number of likely N-dealkylation sites (tertiary alicyclic amines) is 2. The fourth-order valence-corrected chi connectivity index (χ4v) is 5.77. The minimum atomic E-state index is -5.08. The highest BCUT2D eigenvalue weighted by atomic mass is 32.1. The van der Waals surface area contributed by atoms with Gasteiger partial charge in [0.25, 0.3) is 0 Å². The smallest absolute Gasteiger partial charge is 0.475 e. The third-order valence-electron chi connectivity index (χ3n) is 6.34. The molecule has 4 heterocycles. The van der Waals surface area contributed by atoms with Gasteiger partial charge in [0.1, 0.15) is 5.01 Å². The molecule has 0 amide bonds. The number of rotatable bonds is 4. The Kier molecular flexibility index (Phi) is 11.5. The molecule has 2 saturated heterocycles. The first-order chi connectivity index (χ1) is 17.6. The van der Waals surface area contributed by atoms with Crippen molar-refractivity contribution in [2.24, 2.45) is 5.41 Å².